The maximum Gasteiger partial charge on any atom is 0.335 e. The van der Waals surface area contributed by atoms with Crippen molar-refractivity contribution in [2.24, 2.45) is 0 Å². The molecule has 0 radical (unpaired) electrons. The summed E-state index contributed by atoms with van der Waals surface area (Å²) in [6.07, 6.45) is 7.96. The number of nitrogen functional groups attached to an aromatic ring is 1. The average molecular weight is 469 g/mol. The van der Waals surface area contributed by atoms with Gasteiger partial charge in [-0.15, -0.1) is 5.10 Å². The largest absolute Gasteiger partial charge is 0.478 e. The van der Waals surface area contributed by atoms with Crippen molar-refractivity contribution >= 4 is 23.0 Å². The summed E-state index contributed by atoms with van der Waals surface area (Å²) in [7, 11) is 0. The summed E-state index contributed by atoms with van der Waals surface area (Å²) < 4.78 is 3.80. The number of carbonyl (C=O) groups is 1. The van der Waals surface area contributed by atoms with Gasteiger partial charge in [0.05, 0.1) is 24.6 Å². The van der Waals surface area contributed by atoms with E-state index in [9.17, 15) is 4.79 Å². The Morgan fingerprint density at radius 1 is 0.943 bits per heavy atom. The Labute approximate surface area is 201 Å². The molecule has 3 N–H and O–H groups in total. The van der Waals surface area contributed by atoms with E-state index in [1.807, 2.05) is 39.7 Å². The van der Waals surface area contributed by atoms with Gasteiger partial charge in [-0.1, -0.05) is 41.6 Å². The number of carboxylic acids is 1. The second kappa shape index (κ2) is 9.72. The summed E-state index contributed by atoms with van der Waals surface area (Å²) >= 11 is 0. The molecule has 35 heavy (non-hydrogen) atoms. The van der Waals surface area contributed by atoms with E-state index < -0.39 is 5.97 Å². The predicted octanol–water partition coefficient (Wildman–Crippen LogP) is 3.44. The maximum atomic E-state index is 10.9. The van der Waals surface area contributed by atoms with Gasteiger partial charge in [0.1, 0.15) is 17.5 Å². The number of fused-ring (bicyclic) bond motifs is 1. The van der Waals surface area contributed by atoms with Crippen molar-refractivity contribution in [3.8, 4) is 11.3 Å². The molecule has 5 rings (SSSR count). The molecule has 2 aromatic carbocycles. The molecular formula is C25H24N8O2. The van der Waals surface area contributed by atoms with Crippen molar-refractivity contribution < 1.29 is 9.90 Å². The Morgan fingerprint density at radius 2 is 1.71 bits per heavy atom. The molecule has 0 saturated heterocycles. The lowest BCUT2D eigenvalue weighted by Crippen LogP contribution is -2.00. The minimum Gasteiger partial charge on any atom is -0.478 e. The van der Waals surface area contributed by atoms with Crippen LogP contribution >= 0.6 is 0 Å². The Morgan fingerprint density at radius 3 is 2.49 bits per heavy atom. The third-order valence-electron chi connectivity index (χ3n) is 5.87. The van der Waals surface area contributed by atoms with Crippen molar-refractivity contribution in [1.29, 1.82) is 0 Å². The van der Waals surface area contributed by atoms with Gasteiger partial charge in [-0.25, -0.2) is 19.7 Å². The zero-order valence-electron chi connectivity index (χ0n) is 18.9. The summed E-state index contributed by atoms with van der Waals surface area (Å²) in [5.74, 6) is -0.526. The molecule has 3 heterocycles. The third-order valence-corrected chi connectivity index (χ3v) is 5.87. The molecule has 0 atom stereocenters. The molecule has 10 nitrogen and oxygen atoms in total. The predicted molar refractivity (Wildman–Crippen MR) is 131 cm³/mol. The first-order chi connectivity index (χ1) is 17.1. The molecule has 0 bridgehead atoms. The number of imidazole rings is 1. The molecule has 0 saturated carbocycles. The van der Waals surface area contributed by atoms with E-state index in [-0.39, 0.29) is 0 Å². The minimum atomic E-state index is -0.902. The van der Waals surface area contributed by atoms with Gasteiger partial charge in [-0.2, -0.15) is 0 Å². The van der Waals surface area contributed by atoms with Crippen LogP contribution in [0.3, 0.4) is 0 Å². The minimum absolute atomic E-state index is 0.312. The number of aromatic nitrogens is 7. The van der Waals surface area contributed by atoms with E-state index in [1.165, 1.54) is 6.33 Å². The Kier molecular flexibility index (Phi) is 6.16. The summed E-state index contributed by atoms with van der Waals surface area (Å²) in [6.45, 7) is 1.40. The second-order valence-corrected chi connectivity index (χ2v) is 8.33. The molecule has 3 aromatic heterocycles. The van der Waals surface area contributed by atoms with E-state index in [1.54, 1.807) is 18.5 Å². The van der Waals surface area contributed by atoms with Crippen molar-refractivity contribution in [3.05, 3.63) is 84.1 Å². The highest BCUT2D eigenvalue weighted by molar-refractivity contribution is 5.87. The smallest absolute Gasteiger partial charge is 0.335 e. The highest BCUT2D eigenvalue weighted by atomic mass is 16.4. The highest BCUT2D eigenvalue weighted by Crippen LogP contribution is 2.20. The summed E-state index contributed by atoms with van der Waals surface area (Å²) in [4.78, 5) is 23.5. The topological polar surface area (TPSA) is 138 Å². The van der Waals surface area contributed by atoms with Gasteiger partial charge in [0.25, 0.3) is 0 Å². The number of aryl methyl sites for hydroxylation is 2. The van der Waals surface area contributed by atoms with Crippen LogP contribution in [0.25, 0.3) is 22.4 Å². The molecule has 176 valence electrons. The van der Waals surface area contributed by atoms with E-state index in [0.29, 0.717) is 29.1 Å². The fraction of sp³-hybridized carbons (Fsp3) is 0.200. The van der Waals surface area contributed by atoms with Crippen LogP contribution < -0.4 is 5.73 Å². The van der Waals surface area contributed by atoms with Crippen LogP contribution in [0, 0.1) is 0 Å². The van der Waals surface area contributed by atoms with Gasteiger partial charge in [0.2, 0.25) is 0 Å². The first kappa shape index (κ1) is 22.2. The Bertz CT molecular complexity index is 1460. The van der Waals surface area contributed by atoms with E-state index in [2.05, 4.69) is 37.4 Å². The number of nitrogens with zero attached hydrogens (tertiary/aromatic N) is 7. The molecule has 0 amide bonds. The molecule has 0 fully saturated rings. The van der Waals surface area contributed by atoms with Crippen molar-refractivity contribution in [2.45, 2.75) is 32.4 Å². The molecule has 0 unspecified atom stereocenters. The number of anilines is 1. The molecule has 0 aliphatic heterocycles. The monoisotopic (exact) mass is 468 g/mol. The summed E-state index contributed by atoms with van der Waals surface area (Å²) in [5.41, 5.74) is 11.6. The van der Waals surface area contributed by atoms with Crippen LogP contribution in [-0.2, 0) is 19.5 Å². The van der Waals surface area contributed by atoms with Gasteiger partial charge in [0.15, 0.2) is 11.5 Å². The highest BCUT2D eigenvalue weighted by Gasteiger charge is 2.09. The second-order valence-electron chi connectivity index (χ2n) is 8.33. The molecule has 0 spiro atoms. The van der Waals surface area contributed by atoms with Crippen LogP contribution in [0.15, 0.2) is 67.4 Å². The molecule has 5 aromatic rings. The van der Waals surface area contributed by atoms with Gasteiger partial charge in [-0.3, -0.25) is 4.68 Å². The zero-order valence-corrected chi connectivity index (χ0v) is 18.9. The SMILES string of the molecule is Nc1ncnc2c1ncn2Cc1ccc(-c2cn(CCCCc3ccc(C(=O)O)cc3)nn2)cc1. The van der Waals surface area contributed by atoms with Crippen molar-refractivity contribution in [2.75, 3.05) is 5.73 Å². The lowest BCUT2D eigenvalue weighted by atomic mass is 10.1. The fourth-order valence-electron chi connectivity index (χ4n) is 3.95. The number of aromatic carboxylic acids is 1. The number of carboxylic acid groups (broad SMARTS) is 1. The lowest BCUT2D eigenvalue weighted by Gasteiger charge is -2.05. The number of unbranched alkanes of at least 4 members (excludes halogenated alkanes) is 1. The van der Waals surface area contributed by atoms with Crippen molar-refractivity contribution in [1.82, 2.24) is 34.5 Å². The molecule has 0 aliphatic rings. The maximum absolute atomic E-state index is 10.9. The van der Waals surface area contributed by atoms with Crippen LogP contribution in [0.4, 0.5) is 5.82 Å². The number of nitrogens with two attached hydrogens (primary N) is 1. The summed E-state index contributed by atoms with van der Waals surface area (Å²) in [5, 5.41) is 17.6. The number of rotatable bonds is 9. The first-order valence-corrected chi connectivity index (χ1v) is 11.3. The van der Waals surface area contributed by atoms with E-state index >= 15 is 0 Å². The summed E-state index contributed by atoms with van der Waals surface area (Å²) in [6, 6.07) is 15.2. The van der Waals surface area contributed by atoms with Crippen LogP contribution in [0.5, 0.6) is 0 Å². The number of hydrogen-bond donors (Lipinski definition) is 2. The molecular weight excluding hydrogens is 444 g/mol. The zero-order chi connectivity index (χ0) is 24.2. The quantitative estimate of drug-likeness (QED) is 0.314. The fourth-order valence-corrected chi connectivity index (χ4v) is 3.95. The lowest BCUT2D eigenvalue weighted by molar-refractivity contribution is 0.0697. The first-order valence-electron chi connectivity index (χ1n) is 11.3. The van der Waals surface area contributed by atoms with Gasteiger partial charge in [0, 0.05) is 12.1 Å². The third kappa shape index (κ3) is 5.01. The van der Waals surface area contributed by atoms with E-state index in [4.69, 9.17) is 10.8 Å². The number of benzene rings is 2. The van der Waals surface area contributed by atoms with Crippen LogP contribution in [0.2, 0.25) is 0 Å². The molecule has 0 aliphatic carbocycles. The molecule has 10 heteroatoms. The standard InChI is InChI=1S/C25H24N8O2/c26-23-22-24(28-15-27-23)32(16-29-22)13-18-6-8-19(9-7-18)21-14-33(31-30-21)12-2-1-3-17-4-10-20(11-5-17)25(34)35/h4-11,14-16H,1-3,12-13H2,(H,34,35)(H2,26,27,28). The van der Waals surface area contributed by atoms with Crippen LogP contribution in [0.1, 0.15) is 34.3 Å². The van der Waals surface area contributed by atoms with Gasteiger partial charge in [-0.05, 0) is 42.5 Å². The average Bonchev–Trinajstić information content (AvgIpc) is 3.51. The normalized spacial score (nSPS) is 11.2. The van der Waals surface area contributed by atoms with Crippen molar-refractivity contribution in [3.63, 3.8) is 0 Å². The van der Waals surface area contributed by atoms with Gasteiger partial charge < -0.3 is 15.4 Å². The van der Waals surface area contributed by atoms with E-state index in [0.717, 1.165) is 48.2 Å². The Balaban J connectivity index is 1.15. The number of hydrogen-bond acceptors (Lipinski definition) is 7. The van der Waals surface area contributed by atoms with Gasteiger partial charge >= 0.3 is 5.97 Å². The van der Waals surface area contributed by atoms with Crippen LogP contribution in [-0.4, -0.2) is 45.6 Å². The Hall–Kier alpha value is -4.60.